The Balaban J connectivity index is 1.57. The van der Waals surface area contributed by atoms with Crippen LogP contribution in [0.5, 0.6) is 0 Å². The maximum Gasteiger partial charge on any atom is 0.233 e. The number of nitrogens with one attached hydrogen (secondary N) is 1. The monoisotopic (exact) mass is 239 g/mol. The van der Waals surface area contributed by atoms with E-state index in [0.717, 1.165) is 23.7 Å². The van der Waals surface area contributed by atoms with Gasteiger partial charge in [0.15, 0.2) is 0 Å². The van der Waals surface area contributed by atoms with Crippen molar-refractivity contribution in [2.75, 3.05) is 0 Å². The summed E-state index contributed by atoms with van der Waals surface area (Å²) in [4.78, 5) is 11.9. The molecular formula is C13H21NOS. The fraction of sp³-hybridized carbons (Fsp3) is 0.923. The first kappa shape index (κ1) is 10.9. The Bertz CT molecular complexity index is 301. The summed E-state index contributed by atoms with van der Waals surface area (Å²) >= 11 is 4.38. The fourth-order valence-corrected chi connectivity index (χ4v) is 4.15. The molecule has 90 valence electrons. The zero-order valence-corrected chi connectivity index (χ0v) is 10.9. The molecule has 5 unspecified atom stereocenters. The SMILES string of the molecule is CC(C)C(S)C(=O)NC1C2C3CCC(C3)C12. The van der Waals surface area contributed by atoms with Gasteiger partial charge < -0.3 is 5.32 Å². The molecule has 0 radical (unpaired) electrons. The molecule has 0 aliphatic heterocycles. The third-order valence-corrected chi connectivity index (χ3v) is 5.78. The molecule has 3 rings (SSSR count). The molecule has 5 atom stereocenters. The first-order valence-corrected chi connectivity index (χ1v) is 7.09. The second-order valence-electron chi connectivity index (χ2n) is 6.21. The Kier molecular flexibility index (Phi) is 2.50. The van der Waals surface area contributed by atoms with E-state index in [1.54, 1.807) is 0 Å². The highest BCUT2D eigenvalue weighted by atomic mass is 32.1. The summed E-state index contributed by atoms with van der Waals surface area (Å²) in [6.45, 7) is 4.10. The number of carbonyl (C=O) groups is 1. The van der Waals surface area contributed by atoms with Gasteiger partial charge in [0.1, 0.15) is 0 Å². The van der Waals surface area contributed by atoms with Gasteiger partial charge in [0.25, 0.3) is 0 Å². The molecule has 0 spiro atoms. The Morgan fingerprint density at radius 2 is 1.81 bits per heavy atom. The van der Waals surface area contributed by atoms with Crippen LogP contribution >= 0.6 is 12.6 Å². The van der Waals surface area contributed by atoms with Gasteiger partial charge in [-0.15, -0.1) is 0 Å². The zero-order chi connectivity index (χ0) is 11.4. The van der Waals surface area contributed by atoms with Crippen molar-refractivity contribution in [1.29, 1.82) is 0 Å². The Morgan fingerprint density at radius 3 is 2.31 bits per heavy atom. The summed E-state index contributed by atoms with van der Waals surface area (Å²) in [7, 11) is 0. The molecule has 3 fully saturated rings. The van der Waals surface area contributed by atoms with Crippen LogP contribution in [0, 0.1) is 29.6 Å². The van der Waals surface area contributed by atoms with Gasteiger partial charge in [-0.25, -0.2) is 0 Å². The van der Waals surface area contributed by atoms with Crippen LogP contribution in [0.3, 0.4) is 0 Å². The Labute approximate surface area is 103 Å². The van der Waals surface area contributed by atoms with Gasteiger partial charge in [0.05, 0.1) is 5.25 Å². The Morgan fingerprint density at radius 1 is 1.25 bits per heavy atom. The van der Waals surface area contributed by atoms with Crippen molar-refractivity contribution in [3.8, 4) is 0 Å². The molecule has 0 saturated heterocycles. The van der Waals surface area contributed by atoms with Crippen LogP contribution in [-0.2, 0) is 4.79 Å². The first-order chi connectivity index (χ1) is 7.59. The van der Waals surface area contributed by atoms with Crippen molar-refractivity contribution in [3.63, 3.8) is 0 Å². The lowest BCUT2D eigenvalue weighted by Gasteiger charge is -2.16. The number of hydrogen-bond acceptors (Lipinski definition) is 2. The van der Waals surface area contributed by atoms with Crippen LogP contribution in [-0.4, -0.2) is 17.2 Å². The summed E-state index contributed by atoms with van der Waals surface area (Å²) in [5, 5.41) is 3.08. The number of rotatable bonds is 3. The van der Waals surface area contributed by atoms with E-state index in [2.05, 4.69) is 31.8 Å². The van der Waals surface area contributed by atoms with Gasteiger partial charge >= 0.3 is 0 Å². The van der Waals surface area contributed by atoms with E-state index in [4.69, 9.17) is 0 Å². The normalized spacial score (nSPS) is 45.6. The van der Waals surface area contributed by atoms with Crippen molar-refractivity contribution in [3.05, 3.63) is 0 Å². The van der Waals surface area contributed by atoms with Crippen molar-refractivity contribution in [1.82, 2.24) is 5.32 Å². The van der Waals surface area contributed by atoms with Gasteiger partial charge in [0, 0.05) is 6.04 Å². The molecule has 1 N–H and O–H groups in total. The predicted molar refractivity (Wildman–Crippen MR) is 67.4 cm³/mol. The Hall–Kier alpha value is -0.180. The van der Waals surface area contributed by atoms with Gasteiger partial charge in [0.2, 0.25) is 5.91 Å². The first-order valence-electron chi connectivity index (χ1n) is 6.58. The van der Waals surface area contributed by atoms with Crippen molar-refractivity contribution in [2.24, 2.45) is 29.6 Å². The minimum Gasteiger partial charge on any atom is -0.352 e. The minimum absolute atomic E-state index is 0.140. The van der Waals surface area contributed by atoms with E-state index in [1.165, 1.54) is 19.3 Å². The summed E-state index contributed by atoms with van der Waals surface area (Å²) < 4.78 is 0. The van der Waals surface area contributed by atoms with E-state index in [1.807, 2.05) is 0 Å². The van der Waals surface area contributed by atoms with Gasteiger partial charge in [-0.3, -0.25) is 4.79 Å². The standard InChI is InChI=1S/C13H21NOS/c1-6(2)12(16)13(15)14-11-9-7-3-4-8(5-7)10(9)11/h6-12,16H,3-5H2,1-2H3,(H,14,15). The van der Waals surface area contributed by atoms with E-state index >= 15 is 0 Å². The second-order valence-corrected chi connectivity index (χ2v) is 6.77. The maximum atomic E-state index is 11.9. The highest BCUT2D eigenvalue weighted by Crippen LogP contribution is 2.65. The topological polar surface area (TPSA) is 29.1 Å². The molecule has 2 nitrogen and oxygen atoms in total. The lowest BCUT2D eigenvalue weighted by atomic mass is 10.0. The summed E-state index contributed by atoms with van der Waals surface area (Å²) in [6, 6.07) is 0.507. The van der Waals surface area contributed by atoms with Crippen LogP contribution in [0.25, 0.3) is 0 Å². The predicted octanol–water partition coefficient (Wildman–Crippen LogP) is 2.10. The number of fused-ring (bicyclic) bond motifs is 5. The van der Waals surface area contributed by atoms with Crippen LogP contribution in [0.4, 0.5) is 0 Å². The van der Waals surface area contributed by atoms with E-state index in [9.17, 15) is 4.79 Å². The maximum absolute atomic E-state index is 11.9. The van der Waals surface area contributed by atoms with Crippen molar-refractivity contribution < 1.29 is 4.79 Å². The molecule has 3 saturated carbocycles. The average molecular weight is 239 g/mol. The van der Waals surface area contributed by atoms with Crippen LogP contribution in [0.2, 0.25) is 0 Å². The molecule has 0 aromatic rings. The molecule has 3 heteroatoms. The highest BCUT2D eigenvalue weighted by Gasteiger charge is 2.65. The van der Waals surface area contributed by atoms with Crippen molar-refractivity contribution in [2.45, 2.75) is 44.4 Å². The molecule has 0 aromatic heterocycles. The summed E-state index contributed by atoms with van der Waals surface area (Å²) in [5.74, 6) is 3.98. The number of amides is 1. The largest absolute Gasteiger partial charge is 0.352 e. The number of carbonyl (C=O) groups excluding carboxylic acids is 1. The van der Waals surface area contributed by atoms with Crippen LogP contribution < -0.4 is 5.32 Å². The molecule has 3 aliphatic carbocycles. The fourth-order valence-electron chi connectivity index (χ4n) is 4.07. The molecule has 16 heavy (non-hydrogen) atoms. The molecular weight excluding hydrogens is 218 g/mol. The average Bonchev–Trinajstić information content (AvgIpc) is 2.67. The lowest BCUT2D eigenvalue weighted by Crippen LogP contribution is -2.38. The van der Waals surface area contributed by atoms with Gasteiger partial charge in [-0.1, -0.05) is 13.8 Å². The second kappa shape index (κ2) is 3.66. The molecule has 3 aliphatic rings. The van der Waals surface area contributed by atoms with Gasteiger partial charge in [-0.05, 0) is 48.9 Å². The van der Waals surface area contributed by atoms with Gasteiger partial charge in [-0.2, -0.15) is 12.6 Å². The molecule has 2 bridgehead atoms. The summed E-state index contributed by atoms with van der Waals surface area (Å²) in [6.07, 6.45) is 4.26. The smallest absolute Gasteiger partial charge is 0.233 e. The number of hydrogen-bond donors (Lipinski definition) is 2. The third kappa shape index (κ3) is 1.51. The quantitative estimate of drug-likeness (QED) is 0.726. The number of thiol groups is 1. The molecule has 0 aromatic carbocycles. The van der Waals surface area contributed by atoms with E-state index < -0.39 is 0 Å². The third-order valence-electron chi connectivity index (χ3n) is 4.94. The molecule has 1 amide bonds. The lowest BCUT2D eigenvalue weighted by molar-refractivity contribution is -0.121. The summed E-state index contributed by atoms with van der Waals surface area (Å²) in [5.41, 5.74) is 0. The highest BCUT2D eigenvalue weighted by molar-refractivity contribution is 7.81. The van der Waals surface area contributed by atoms with E-state index in [-0.39, 0.29) is 11.2 Å². The van der Waals surface area contributed by atoms with Crippen LogP contribution in [0.1, 0.15) is 33.1 Å². The van der Waals surface area contributed by atoms with Crippen LogP contribution in [0.15, 0.2) is 0 Å². The minimum atomic E-state index is -0.140. The zero-order valence-electron chi connectivity index (χ0n) is 10.0. The van der Waals surface area contributed by atoms with E-state index in [0.29, 0.717) is 12.0 Å². The molecule has 0 heterocycles. The van der Waals surface area contributed by atoms with Crippen molar-refractivity contribution >= 4 is 18.5 Å².